The van der Waals surface area contributed by atoms with Crippen LogP contribution in [-0.2, 0) is 0 Å². The minimum Gasteiger partial charge on any atom is -0.412 e. The Labute approximate surface area is 86.2 Å². The van der Waals surface area contributed by atoms with Crippen LogP contribution < -0.4 is 0 Å². The Balaban J connectivity index is 0.00000169. The first-order chi connectivity index (χ1) is 6.25. The van der Waals surface area contributed by atoms with Crippen molar-refractivity contribution in [1.82, 2.24) is 4.90 Å². The number of nitrogens with zero attached hydrogens (tertiary/aromatic N) is 1. The van der Waals surface area contributed by atoms with E-state index in [0.29, 0.717) is 6.04 Å². The molecule has 1 aromatic carbocycles. The molecule has 2 heteroatoms. The maximum atomic E-state index is 3.78. The predicted octanol–water partition coefficient (Wildman–Crippen LogP) is 2.04. The summed E-state index contributed by atoms with van der Waals surface area (Å²) in [5, 5.41) is 0. The van der Waals surface area contributed by atoms with Gasteiger partial charge in [-0.15, -0.1) is 6.58 Å². The van der Waals surface area contributed by atoms with Crippen LogP contribution in [0.5, 0.6) is 0 Å². The van der Waals surface area contributed by atoms with Crippen molar-refractivity contribution in [2.45, 2.75) is 12.5 Å². The van der Waals surface area contributed by atoms with Gasteiger partial charge in [-0.1, -0.05) is 36.4 Å². The summed E-state index contributed by atoms with van der Waals surface area (Å²) in [5.74, 6) is 0. The molecule has 1 aromatic rings. The summed E-state index contributed by atoms with van der Waals surface area (Å²) < 4.78 is 0. The summed E-state index contributed by atoms with van der Waals surface area (Å²) in [6.45, 7) is 3.78. The summed E-state index contributed by atoms with van der Waals surface area (Å²) in [6, 6.07) is 11.0. The predicted molar refractivity (Wildman–Crippen MR) is 61.3 cm³/mol. The normalized spacial score (nSPS) is 11.9. The van der Waals surface area contributed by atoms with E-state index in [-0.39, 0.29) is 5.48 Å². The third-order valence-electron chi connectivity index (χ3n) is 2.20. The van der Waals surface area contributed by atoms with Gasteiger partial charge in [-0.3, -0.25) is 0 Å². The van der Waals surface area contributed by atoms with Gasteiger partial charge in [0, 0.05) is 6.04 Å². The van der Waals surface area contributed by atoms with Crippen LogP contribution in [0.1, 0.15) is 18.0 Å². The van der Waals surface area contributed by atoms with Crippen LogP contribution in [0.4, 0.5) is 0 Å². The van der Waals surface area contributed by atoms with E-state index >= 15 is 0 Å². The van der Waals surface area contributed by atoms with E-state index in [1.807, 2.05) is 12.1 Å². The van der Waals surface area contributed by atoms with Crippen molar-refractivity contribution in [3.63, 3.8) is 0 Å². The van der Waals surface area contributed by atoms with Crippen LogP contribution in [0, 0.1) is 0 Å². The summed E-state index contributed by atoms with van der Waals surface area (Å²) in [7, 11) is 4.20. The maximum absolute atomic E-state index is 3.78. The molecule has 1 atom stereocenters. The molecule has 0 radical (unpaired) electrons. The van der Waals surface area contributed by atoms with Crippen LogP contribution >= 0.6 is 0 Å². The smallest absolute Gasteiger partial charge is 0.0376 e. The Hall–Kier alpha value is -1.12. The quantitative estimate of drug-likeness (QED) is 0.674. The topological polar surface area (TPSA) is 34.7 Å². The molecule has 0 aliphatic heterocycles. The molecule has 0 fully saturated rings. The molecule has 0 bridgehead atoms. The first-order valence-electron chi connectivity index (χ1n) is 4.58. The highest BCUT2D eigenvalue weighted by atomic mass is 16.0. The van der Waals surface area contributed by atoms with E-state index in [1.54, 1.807) is 0 Å². The SMILES string of the molecule is C=CCC(c1ccccc1)N(C)C.O. The van der Waals surface area contributed by atoms with Crippen molar-refractivity contribution in [2.75, 3.05) is 14.1 Å². The second-order valence-corrected chi connectivity index (χ2v) is 3.41. The zero-order valence-corrected chi connectivity index (χ0v) is 8.90. The summed E-state index contributed by atoms with van der Waals surface area (Å²) in [6.07, 6.45) is 2.97. The molecule has 78 valence electrons. The molecule has 1 unspecified atom stereocenters. The van der Waals surface area contributed by atoms with Crippen molar-refractivity contribution < 1.29 is 5.48 Å². The van der Waals surface area contributed by atoms with Crippen LogP contribution in [0.3, 0.4) is 0 Å². The largest absolute Gasteiger partial charge is 0.412 e. The van der Waals surface area contributed by atoms with Gasteiger partial charge in [-0.2, -0.15) is 0 Å². The molecule has 0 saturated heterocycles. The second-order valence-electron chi connectivity index (χ2n) is 3.41. The van der Waals surface area contributed by atoms with Crippen LogP contribution in [-0.4, -0.2) is 24.5 Å². The highest BCUT2D eigenvalue weighted by Crippen LogP contribution is 2.21. The van der Waals surface area contributed by atoms with Gasteiger partial charge < -0.3 is 10.4 Å². The van der Waals surface area contributed by atoms with E-state index in [2.05, 4.69) is 49.8 Å². The third-order valence-corrected chi connectivity index (χ3v) is 2.20. The molecule has 1 rings (SSSR count). The molecule has 2 nitrogen and oxygen atoms in total. The van der Waals surface area contributed by atoms with Crippen molar-refractivity contribution in [3.8, 4) is 0 Å². The lowest BCUT2D eigenvalue weighted by Crippen LogP contribution is -2.19. The molecule has 2 N–H and O–H groups in total. The van der Waals surface area contributed by atoms with Crippen molar-refractivity contribution in [3.05, 3.63) is 48.6 Å². The first kappa shape index (κ1) is 12.9. The Morgan fingerprint density at radius 1 is 1.29 bits per heavy atom. The highest BCUT2D eigenvalue weighted by molar-refractivity contribution is 5.19. The molecular weight excluding hydrogens is 174 g/mol. The van der Waals surface area contributed by atoms with Crippen molar-refractivity contribution >= 4 is 0 Å². The highest BCUT2D eigenvalue weighted by Gasteiger charge is 2.10. The minimum absolute atomic E-state index is 0. The fourth-order valence-electron chi connectivity index (χ4n) is 1.48. The van der Waals surface area contributed by atoms with E-state index in [0.717, 1.165) is 6.42 Å². The number of hydrogen-bond donors (Lipinski definition) is 0. The third kappa shape index (κ3) is 3.32. The molecule has 0 aliphatic carbocycles. The lowest BCUT2D eigenvalue weighted by molar-refractivity contribution is 0.301. The maximum Gasteiger partial charge on any atom is 0.0376 e. The molecule has 0 aliphatic rings. The number of rotatable bonds is 4. The zero-order chi connectivity index (χ0) is 9.68. The minimum atomic E-state index is 0. The molecule has 0 spiro atoms. The molecule has 0 heterocycles. The zero-order valence-electron chi connectivity index (χ0n) is 8.90. The van der Waals surface area contributed by atoms with E-state index in [1.165, 1.54) is 5.56 Å². The van der Waals surface area contributed by atoms with E-state index in [4.69, 9.17) is 0 Å². The van der Waals surface area contributed by atoms with Gasteiger partial charge in [0.05, 0.1) is 0 Å². The van der Waals surface area contributed by atoms with E-state index < -0.39 is 0 Å². The fraction of sp³-hybridized carbons (Fsp3) is 0.333. The first-order valence-corrected chi connectivity index (χ1v) is 4.58. The van der Waals surface area contributed by atoms with Gasteiger partial charge in [0.15, 0.2) is 0 Å². The second kappa shape index (κ2) is 6.35. The summed E-state index contributed by atoms with van der Waals surface area (Å²) in [4.78, 5) is 2.22. The van der Waals surface area contributed by atoms with Crippen LogP contribution in [0.2, 0.25) is 0 Å². The molecule has 0 saturated carbocycles. The Morgan fingerprint density at radius 2 is 1.86 bits per heavy atom. The van der Waals surface area contributed by atoms with Crippen molar-refractivity contribution in [2.24, 2.45) is 0 Å². The average molecular weight is 193 g/mol. The molecule has 14 heavy (non-hydrogen) atoms. The van der Waals surface area contributed by atoms with Gasteiger partial charge in [0.2, 0.25) is 0 Å². The number of benzene rings is 1. The van der Waals surface area contributed by atoms with Gasteiger partial charge in [0.1, 0.15) is 0 Å². The lowest BCUT2D eigenvalue weighted by Gasteiger charge is -2.23. The lowest BCUT2D eigenvalue weighted by atomic mass is 10.0. The van der Waals surface area contributed by atoms with E-state index in [9.17, 15) is 0 Å². The van der Waals surface area contributed by atoms with Gasteiger partial charge in [-0.05, 0) is 26.1 Å². The monoisotopic (exact) mass is 193 g/mol. The van der Waals surface area contributed by atoms with Crippen LogP contribution in [0.15, 0.2) is 43.0 Å². The van der Waals surface area contributed by atoms with Gasteiger partial charge in [0.25, 0.3) is 0 Å². The Morgan fingerprint density at radius 3 is 2.29 bits per heavy atom. The summed E-state index contributed by atoms with van der Waals surface area (Å²) in [5.41, 5.74) is 1.35. The van der Waals surface area contributed by atoms with Gasteiger partial charge in [-0.25, -0.2) is 0 Å². The number of hydrogen-bond acceptors (Lipinski definition) is 1. The summed E-state index contributed by atoms with van der Waals surface area (Å²) >= 11 is 0. The Kier molecular flexibility index (Phi) is 5.84. The molecule has 0 aromatic heterocycles. The van der Waals surface area contributed by atoms with Crippen molar-refractivity contribution in [1.29, 1.82) is 0 Å². The van der Waals surface area contributed by atoms with Crippen LogP contribution in [0.25, 0.3) is 0 Å². The standard InChI is InChI=1S/C12H17N.H2O/c1-4-8-12(13(2)3)11-9-6-5-7-10-11;/h4-7,9-10,12H,1,8H2,2-3H3;1H2. The molecular formula is C12H19NO. The molecule has 0 amide bonds. The van der Waals surface area contributed by atoms with Gasteiger partial charge >= 0.3 is 0 Å². The Bertz CT molecular complexity index is 256. The fourth-order valence-corrected chi connectivity index (χ4v) is 1.48. The average Bonchev–Trinajstić information content (AvgIpc) is 2.15.